The average molecular weight is 334 g/mol. The number of hydrogen-bond acceptors (Lipinski definition) is 4. The highest BCUT2D eigenvalue weighted by atomic mass is 16.5. The number of hydrogen-bond donors (Lipinski definition) is 0. The van der Waals surface area contributed by atoms with Gasteiger partial charge in [-0.25, -0.2) is 4.79 Å². The maximum atomic E-state index is 12.3. The Morgan fingerprint density at radius 3 is 2.00 bits per heavy atom. The molecule has 0 aliphatic heterocycles. The largest absolute Gasteiger partial charge is 0.493 e. The SMILES string of the molecule is COc1ccc(C(=O)Oc2ccc(-c3ccccc3)cc2)cc1OC. The van der Waals surface area contributed by atoms with Gasteiger partial charge in [0.05, 0.1) is 19.8 Å². The average Bonchev–Trinajstić information content (AvgIpc) is 2.68. The molecule has 3 aromatic rings. The molecule has 0 fully saturated rings. The van der Waals surface area contributed by atoms with Crippen molar-refractivity contribution in [2.24, 2.45) is 0 Å². The van der Waals surface area contributed by atoms with Gasteiger partial charge in [-0.05, 0) is 41.5 Å². The van der Waals surface area contributed by atoms with Crippen molar-refractivity contribution in [1.82, 2.24) is 0 Å². The van der Waals surface area contributed by atoms with E-state index in [1.165, 1.54) is 7.11 Å². The number of carbonyl (C=O) groups excluding carboxylic acids is 1. The number of carbonyl (C=O) groups is 1. The van der Waals surface area contributed by atoms with E-state index in [1.54, 1.807) is 37.4 Å². The molecule has 0 aliphatic rings. The number of rotatable bonds is 5. The molecule has 0 aliphatic carbocycles. The van der Waals surface area contributed by atoms with Crippen molar-refractivity contribution in [1.29, 1.82) is 0 Å². The molecule has 4 heteroatoms. The molecule has 0 amide bonds. The van der Waals surface area contributed by atoms with Crippen molar-refractivity contribution < 1.29 is 19.0 Å². The lowest BCUT2D eigenvalue weighted by atomic mass is 10.1. The van der Waals surface area contributed by atoms with Crippen molar-refractivity contribution in [3.05, 3.63) is 78.4 Å². The molecule has 0 atom stereocenters. The summed E-state index contributed by atoms with van der Waals surface area (Å²) in [4.78, 5) is 12.3. The van der Waals surface area contributed by atoms with Gasteiger partial charge in [-0.15, -0.1) is 0 Å². The summed E-state index contributed by atoms with van der Waals surface area (Å²) in [5.41, 5.74) is 2.57. The van der Waals surface area contributed by atoms with Crippen LogP contribution in [0.15, 0.2) is 72.8 Å². The van der Waals surface area contributed by atoms with Crippen LogP contribution in [0.4, 0.5) is 0 Å². The van der Waals surface area contributed by atoms with Crippen molar-refractivity contribution in [3.8, 4) is 28.4 Å². The molecule has 3 rings (SSSR count). The molecule has 0 saturated heterocycles. The topological polar surface area (TPSA) is 44.8 Å². The number of benzene rings is 3. The van der Waals surface area contributed by atoms with Gasteiger partial charge in [-0.2, -0.15) is 0 Å². The third-order valence-corrected chi connectivity index (χ3v) is 3.79. The van der Waals surface area contributed by atoms with Gasteiger partial charge < -0.3 is 14.2 Å². The zero-order valence-corrected chi connectivity index (χ0v) is 14.1. The summed E-state index contributed by atoms with van der Waals surface area (Å²) >= 11 is 0. The molecular weight excluding hydrogens is 316 g/mol. The maximum absolute atomic E-state index is 12.3. The standard InChI is InChI=1S/C21H18O4/c1-23-19-13-10-17(14-20(19)24-2)21(22)25-18-11-8-16(9-12-18)15-6-4-3-5-7-15/h3-14H,1-2H3. The first kappa shape index (κ1) is 16.6. The molecule has 0 N–H and O–H groups in total. The van der Waals surface area contributed by atoms with E-state index >= 15 is 0 Å². The molecule has 3 aromatic carbocycles. The van der Waals surface area contributed by atoms with Crippen LogP contribution >= 0.6 is 0 Å². The summed E-state index contributed by atoms with van der Waals surface area (Å²) < 4.78 is 15.8. The van der Waals surface area contributed by atoms with Crippen LogP contribution < -0.4 is 14.2 Å². The van der Waals surface area contributed by atoms with Gasteiger partial charge in [0.15, 0.2) is 11.5 Å². The molecule has 0 radical (unpaired) electrons. The fourth-order valence-electron chi connectivity index (χ4n) is 2.48. The van der Waals surface area contributed by atoms with E-state index in [0.717, 1.165) is 11.1 Å². The van der Waals surface area contributed by atoms with Crippen LogP contribution in [0.25, 0.3) is 11.1 Å². The van der Waals surface area contributed by atoms with E-state index in [-0.39, 0.29) is 0 Å². The van der Waals surface area contributed by atoms with Crippen LogP contribution in [-0.2, 0) is 0 Å². The van der Waals surface area contributed by atoms with E-state index in [9.17, 15) is 4.79 Å². The monoisotopic (exact) mass is 334 g/mol. The zero-order valence-electron chi connectivity index (χ0n) is 14.1. The van der Waals surface area contributed by atoms with Crippen LogP contribution in [0.1, 0.15) is 10.4 Å². The van der Waals surface area contributed by atoms with E-state index in [2.05, 4.69) is 0 Å². The first-order chi connectivity index (χ1) is 12.2. The fourth-order valence-corrected chi connectivity index (χ4v) is 2.48. The molecule has 0 bridgehead atoms. The Bertz CT molecular complexity index is 855. The van der Waals surface area contributed by atoms with Crippen molar-refractivity contribution in [2.45, 2.75) is 0 Å². The summed E-state index contributed by atoms with van der Waals surface area (Å²) in [5, 5.41) is 0. The second-order valence-electron chi connectivity index (χ2n) is 5.35. The molecule has 25 heavy (non-hydrogen) atoms. The Kier molecular flexibility index (Phi) is 5.00. The fraction of sp³-hybridized carbons (Fsp3) is 0.0952. The first-order valence-corrected chi connectivity index (χ1v) is 7.81. The molecular formula is C21H18O4. The minimum atomic E-state index is -0.451. The summed E-state index contributed by atoms with van der Waals surface area (Å²) in [6, 6.07) is 22.3. The predicted octanol–water partition coefficient (Wildman–Crippen LogP) is 4.59. The third-order valence-electron chi connectivity index (χ3n) is 3.79. The van der Waals surface area contributed by atoms with Gasteiger partial charge in [0.1, 0.15) is 5.75 Å². The van der Waals surface area contributed by atoms with Crippen LogP contribution in [-0.4, -0.2) is 20.2 Å². The van der Waals surface area contributed by atoms with Crippen LogP contribution in [0.2, 0.25) is 0 Å². The molecule has 0 saturated carbocycles. The molecule has 4 nitrogen and oxygen atoms in total. The van der Waals surface area contributed by atoms with E-state index in [0.29, 0.717) is 22.8 Å². The molecule has 126 valence electrons. The van der Waals surface area contributed by atoms with Crippen molar-refractivity contribution in [3.63, 3.8) is 0 Å². The molecule has 0 unspecified atom stereocenters. The quantitative estimate of drug-likeness (QED) is 0.506. The number of methoxy groups -OCH3 is 2. The van der Waals surface area contributed by atoms with Gasteiger partial charge in [-0.3, -0.25) is 0 Å². The van der Waals surface area contributed by atoms with Crippen LogP contribution in [0.3, 0.4) is 0 Å². The van der Waals surface area contributed by atoms with Gasteiger partial charge in [0.2, 0.25) is 0 Å². The minimum absolute atomic E-state index is 0.393. The normalized spacial score (nSPS) is 10.2. The summed E-state index contributed by atoms with van der Waals surface area (Å²) in [5.74, 6) is 1.08. The Labute approximate surface area is 146 Å². The first-order valence-electron chi connectivity index (χ1n) is 7.81. The predicted molar refractivity (Wildman–Crippen MR) is 96.4 cm³/mol. The third kappa shape index (κ3) is 3.80. The van der Waals surface area contributed by atoms with E-state index < -0.39 is 5.97 Å². The Balaban J connectivity index is 1.75. The number of esters is 1. The minimum Gasteiger partial charge on any atom is -0.493 e. The lowest BCUT2D eigenvalue weighted by molar-refractivity contribution is 0.0734. The maximum Gasteiger partial charge on any atom is 0.343 e. The Morgan fingerprint density at radius 2 is 1.36 bits per heavy atom. The van der Waals surface area contributed by atoms with Gasteiger partial charge >= 0.3 is 5.97 Å². The van der Waals surface area contributed by atoms with Crippen LogP contribution in [0, 0.1) is 0 Å². The highest BCUT2D eigenvalue weighted by Gasteiger charge is 2.13. The highest BCUT2D eigenvalue weighted by Crippen LogP contribution is 2.28. The van der Waals surface area contributed by atoms with E-state index in [4.69, 9.17) is 14.2 Å². The molecule has 0 aromatic heterocycles. The van der Waals surface area contributed by atoms with E-state index in [1.807, 2.05) is 42.5 Å². The zero-order chi connectivity index (χ0) is 17.6. The second-order valence-corrected chi connectivity index (χ2v) is 5.35. The smallest absolute Gasteiger partial charge is 0.343 e. The highest BCUT2D eigenvalue weighted by molar-refractivity contribution is 5.92. The summed E-state index contributed by atoms with van der Waals surface area (Å²) in [6.07, 6.45) is 0. The number of ether oxygens (including phenoxy) is 3. The Morgan fingerprint density at radius 1 is 0.720 bits per heavy atom. The van der Waals surface area contributed by atoms with Crippen molar-refractivity contribution in [2.75, 3.05) is 14.2 Å². The summed E-state index contributed by atoms with van der Waals surface area (Å²) in [7, 11) is 3.07. The molecule has 0 heterocycles. The van der Waals surface area contributed by atoms with Gasteiger partial charge in [0.25, 0.3) is 0 Å². The lowest BCUT2D eigenvalue weighted by Crippen LogP contribution is -2.08. The summed E-state index contributed by atoms with van der Waals surface area (Å²) in [6.45, 7) is 0. The van der Waals surface area contributed by atoms with Crippen molar-refractivity contribution >= 4 is 5.97 Å². The van der Waals surface area contributed by atoms with Crippen LogP contribution in [0.5, 0.6) is 17.2 Å². The van der Waals surface area contributed by atoms with Gasteiger partial charge in [0, 0.05) is 0 Å². The second kappa shape index (κ2) is 7.53. The molecule has 0 spiro atoms. The lowest BCUT2D eigenvalue weighted by Gasteiger charge is -2.10. The Hall–Kier alpha value is -3.27. The van der Waals surface area contributed by atoms with Gasteiger partial charge in [-0.1, -0.05) is 42.5 Å².